The second-order valence-corrected chi connectivity index (χ2v) is 10.7. The van der Waals surface area contributed by atoms with Gasteiger partial charge >= 0.3 is 5.97 Å². The Morgan fingerprint density at radius 1 is 0.927 bits per heavy atom. The van der Waals surface area contributed by atoms with E-state index < -0.39 is 47.9 Å². The van der Waals surface area contributed by atoms with Crippen LogP contribution >= 0.6 is 23.2 Å². The first-order valence-corrected chi connectivity index (χ1v) is 13.6. The van der Waals surface area contributed by atoms with E-state index in [2.05, 4.69) is 0 Å². The first-order chi connectivity index (χ1) is 19.7. The number of carbonyl (C=O) groups excluding carboxylic acids is 5. The molecule has 41 heavy (non-hydrogen) atoms. The minimum Gasteiger partial charge on any atom is -0.423 e. The van der Waals surface area contributed by atoms with Crippen LogP contribution in [-0.4, -0.2) is 46.0 Å². The van der Waals surface area contributed by atoms with Crippen molar-refractivity contribution in [2.75, 3.05) is 6.54 Å². The van der Waals surface area contributed by atoms with Gasteiger partial charge in [0.15, 0.2) is 5.78 Å². The maximum absolute atomic E-state index is 13.7. The van der Waals surface area contributed by atoms with Crippen LogP contribution in [0.4, 0.5) is 0 Å². The number of ketones is 1. The van der Waals surface area contributed by atoms with Crippen molar-refractivity contribution in [1.82, 2.24) is 10.0 Å². The lowest BCUT2D eigenvalue weighted by Crippen LogP contribution is -2.52. The lowest BCUT2D eigenvalue weighted by atomic mass is 9.78. The maximum atomic E-state index is 13.7. The predicted octanol–water partition coefficient (Wildman–Crippen LogP) is 5.65. The predicted molar refractivity (Wildman–Crippen MR) is 151 cm³/mol. The molecule has 208 valence electrons. The molecule has 0 unspecified atom stereocenters. The Morgan fingerprint density at radius 3 is 2.29 bits per heavy atom. The number of hydrazine groups is 1. The monoisotopic (exact) mass is 590 g/mol. The number of esters is 1. The number of ether oxygens (including phenoxy) is 1. The van der Waals surface area contributed by atoms with Crippen molar-refractivity contribution in [3.63, 3.8) is 0 Å². The first-order valence-electron chi connectivity index (χ1n) is 12.9. The number of rotatable bonds is 7. The van der Waals surface area contributed by atoms with Gasteiger partial charge in [0.1, 0.15) is 12.3 Å². The van der Waals surface area contributed by atoms with E-state index in [9.17, 15) is 24.0 Å². The average Bonchev–Trinajstić information content (AvgIpc) is 3.22. The number of Topliss-reactive ketones (excluding diaryl/α,β-unsaturated/α-hetero) is 1. The van der Waals surface area contributed by atoms with Gasteiger partial charge in [-0.1, -0.05) is 60.5 Å². The molecule has 1 aliphatic carbocycles. The molecule has 0 bridgehead atoms. The van der Waals surface area contributed by atoms with Gasteiger partial charge in [0.25, 0.3) is 17.7 Å². The quantitative estimate of drug-likeness (QED) is 0.116. The third-order valence-electron chi connectivity index (χ3n) is 7.18. The highest BCUT2D eigenvalue weighted by Gasteiger charge is 2.53. The molecule has 3 atom stereocenters. The molecule has 0 spiro atoms. The Hall–Kier alpha value is -4.27. The fourth-order valence-corrected chi connectivity index (χ4v) is 5.57. The lowest BCUT2D eigenvalue weighted by molar-refractivity contribution is -0.154. The number of amides is 3. The van der Waals surface area contributed by atoms with Crippen LogP contribution in [0.15, 0.2) is 84.9 Å². The number of carbonyl (C=O) groups is 5. The Bertz CT molecular complexity index is 1570. The number of fused-ring (bicyclic) bond motifs is 1. The molecule has 0 N–H and O–H groups in total. The zero-order valence-electron chi connectivity index (χ0n) is 21.8. The Morgan fingerprint density at radius 2 is 1.63 bits per heavy atom. The fraction of sp³-hybridized carbons (Fsp3) is 0.194. The third kappa shape index (κ3) is 5.66. The number of hydrogen-bond donors (Lipinski definition) is 0. The molecule has 0 saturated carbocycles. The minimum absolute atomic E-state index is 0.0103. The molecule has 1 saturated heterocycles. The molecular formula is C31H24Cl2N2O6. The number of allylic oxidation sites excluding steroid dienone is 2. The van der Waals surface area contributed by atoms with Crippen molar-refractivity contribution in [2.24, 2.45) is 17.8 Å². The smallest absolute Gasteiger partial charge is 0.343 e. The highest BCUT2D eigenvalue weighted by atomic mass is 35.5. The van der Waals surface area contributed by atoms with Crippen LogP contribution in [-0.2, 0) is 9.59 Å². The highest BCUT2D eigenvalue weighted by molar-refractivity contribution is 6.36. The van der Waals surface area contributed by atoms with Gasteiger partial charge in [-0.2, -0.15) is 5.01 Å². The van der Waals surface area contributed by atoms with Crippen LogP contribution in [0.3, 0.4) is 0 Å². The van der Waals surface area contributed by atoms with Crippen molar-refractivity contribution in [3.05, 3.63) is 112 Å². The normalized spacial score (nSPS) is 19.6. The van der Waals surface area contributed by atoms with E-state index in [0.29, 0.717) is 17.0 Å². The summed E-state index contributed by atoms with van der Waals surface area (Å²) in [6.45, 7) is 1.22. The summed E-state index contributed by atoms with van der Waals surface area (Å²) in [5.41, 5.74) is 0.525. The molecule has 0 radical (unpaired) electrons. The molecule has 0 aromatic heterocycles. The van der Waals surface area contributed by atoms with E-state index in [4.69, 9.17) is 27.9 Å². The van der Waals surface area contributed by atoms with E-state index in [-0.39, 0.29) is 27.8 Å². The second kappa shape index (κ2) is 11.7. The van der Waals surface area contributed by atoms with E-state index in [1.54, 1.807) is 30.3 Å². The number of benzene rings is 3. The van der Waals surface area contributed by atoms with Crippen molar-refractivity contribution in [2.45, 2.75) is 13.3 Å². The third-order valence-corrected chi connectivity index (χ3v) is 7.72. The summed E-state index contributed by atoms with van der Waals surface area (Å²) in [6.07, 6.45) is 4.08. The molecule has 3 aromatic rings. The summed E-state index contributed by atoms with van der Waals surface area (Å²) in [5, 5.41) is 1.95. The van der Waals surface area contributed by atoms with E-state index in [0.717, 1.165) is 10.0 Å². The molecule has 2 aliphatic rings. The zero-order valence-corrected chi connectivity index (χ0v) is 23.3. The van der Waals surface area contributed by atoms with E-state index >= 15 is 0 Å². The number of imide groups is 1. The molecule has 10 heteroatoms. The minimum atomic E-state index is -0.797. The standard InChI is InChI=1S/C31H24Cl2N2O6/c1-18-6-5-9-24-27(18)30(39)35(29(24)38)34(28(37)23-15-12-21(32)16-25(23)33)17-26(36)19-10-13-22(14-11-19)41-31(40)20-7-3-2-4-8-20/h2-8,10-16,18,24,27H,9,17H2,1H3/t18-,24+,27+/m1/s1. The molecule has 8 nitrogen and oxygen atoms in total. The van der Waals surface area contributed by atoms with Gasteiger partial charge in [-0.25, -0.2) is 9.80 Å². The van der Waals surface area contributed by atoms with Gasteiger partial charge in [-0.15, -0.1) is 0 Å². The largest absolute Gasteiger partial charge is 0.423 e. The summed E-state index contributed by atoms with van der Waals surface area (Å²) in [5.74, 6) is -4.28. The van der Waals surface area contributed by atoms with Gasteiger partial charge in [0.2, 0.25) is 0 Å². The molecule has 3 aromatic carbocycles. The number of nitrogens with zero attached hydrogens (tertiary/aromatic N) is 2. The average molecular weight is 591 g/mol. The van der Waals surface area contributed by atoms with Crippen LogP contribution in [0.1, 0.15) is 44.4 Å². The summed E-state index contributed by atoms with van der Waals surface area (Å²) in [4.78, 5) is 66.5. The van der Waals surface area contributed by atoms with Gasteiger partial charge < -0.3 is 4.74 Å². The highest BCUT2D eigenvalue weighted by Crippen LogP contribution is 2.39. The summed E-state index contributed by atoms with van der Waals surface area (Å²) < 4.78 is 5.37. The molecule has 1 aliphatic heterocycles. The van der Waals surface area contributed by atoms with Gasteiger partial charge in [0.05, 0.1) is 28.0 Å². The molecule has 1 heterocycles. The summed E-state index contributed by atoms with van der Waals surface area (Å²) in [7, 11) is 0. The van der Waals surface area contributed by atoms with Crippen LogP contribution in [0.2, 0.25) is 10.0 Å². The van der Waals surface area contributed by atoms with Gasteiger partial charge in [-0.05, 0) is 66.9 Å². The van der Waals surface area contributed by atoms with Crippen LogP contribution in [0, 0.1) is 17.8 Å². The number of hydrogen-bond acceptors (Lipinski definition) is 6. The van der Waals surface area contributed by atoms with Crippen LogP contribution < -0.4 is 4.74 Å². The zero-order chi connectivity index (χ0) is 29.3. The van der Waals surface area contributed by atoms with Gasteiger partial charge in [0, 0.05) is 10.6 Å². The van der Waals surface area contributed by atoms with E-state index in [1.165, 1.54) is 42.5 Å². The summed E-state index contributed by atoms with van der Waals surface area (Å²) in [6, 6.07) is 18.4. The second-order valence-electron chi connectivity index (χ2n) is 9.83. The van der Waals surface area contributed by atoms with E-state index in [1.807, 2.05) is 19.1 Å². The molecule has 3 amide bonds. The van der Waals surface area contributed by atoms with Gasteiger partial charge in [-0.3, -0.25) is 19.2 Å². The molecular weight excluding hydrogens is 567 g/mol. The molecule has 1 fully saturated rings. The Kier molecular flexibility index (Phi) is 8.06. The van der Waals surface area contributed by atoms with Crippen molar-refractivity contribution in [1.29, 1.82) is 0 Å². The lowest BCUT2D eigenvalue weighted by Gasteiger charge is -2.30. The van der Waals surface area contributed by atoms with Crippen LogP contribution in [0.25, 0.3) is 0 Å². The maximum Gasteiger partial charge on any atom is 0.343 e. The fourth-order valence-electron chi connectivity index (χ4n) is 5.08. The first kappa shape index (κ1) is 28.3. The number of halogens is 2. The Balaban J connectivity index is 1.41. The van der Waals surface area contributed by atoms with Crippen molar-refractivity contribution < 1.29 is 28.7 Å². The van der Waals surface area contributed by atoms with Crippen molar-refractivity contribution in [3.8, 4) is 5.75 Å². The summed E-state index contributed by atoms with van der Waals surface area (Å²) >= 11 is 12.3. The molecule has 5 rings (SSSR count). The SMILES string of the molecule is C[C@@H]1C=CC[C@@H]2C(=O)N(N(CC(=O)c3ccc(OC(=O)c4ccccc4)cc3)C(=O)c3ccc(Cl)cc3Cl)C(=O)[C@@H]12. The Labute approximate surface area is 246 Å². The van der Waals surface area contributed by atoms with Crippen LogP contribution in [0.5, 0.6) is 5.75 Å². The van der Waals surface area contributed by atoms with Crippen molar-refractivity contribution >= 4 is 52.7 Å². The topological polar surface area (TPSA) is 101 Å².